The third-order valence-corrected chi connectivity index (χ3v) is 2.67. The van der Waals surface area contributed by atoms with E-state index in [-0.39, 0.29) is 0 Å². The van der Waals surface area contributed by atoms with Crippen molar-refractivity contribution in [2.24, 2.45) is 0 Å². The third kappa shape index (κ3) is 4.44. The molecule has 1 aliphatic rings. The third-order valence-electron chi connectivity index (χ3n) is 2.67. The first-order valence-corrected chi connectivity index (χ1v) is 6.09. The van der Waals surface area contributed by atoms with E-state index >= 15 is 0 Å². The van der Waals surface area contributed by atoms with Gasteiger partial charge in [-0.25, -0.2) is 4.79 Å². The van der Waals surface area contributed by atoms with Crippen LogP contribution in [0.1, 0.15) is 34.1 Å². The van der Waals surface area contributed by atoms with Gasteiger partial charge in [0, 0.05) is 13.5 Å². The van der Waals surface area contributed by atoms with E-state index in [4.69, 9.17) is 14.2 Å². The van der Waals surface area contributed by atoms with Crippen molar-refractivity contribution in [1.29, 1.82) is 0 Å². The van der Waals surface area contributed by atoms with Crippen molar-refractivity contribution in [3.05, 3.63) is 0 Å². The summed E-state index contributed by atoms with van der Waals surface area (Å²) in [6.07, 6.45) is -1.76. The molecule has 0 aliphatic carbocycles. The number of hydrogen-bond donors (Lipinski definition) is 2. The van der Waals surface area contributed by atoms with E-state index in [1.165, 1.54) is 7.11 Å². The average molecular weight is 261 g/mol. The number of hydrogen-bond acceptors (Lipinski definition) is 5. The molecule has 1 aliphatic heterocycles. The minimum atomic E-state index is -0.774. The second-order valence-corrected chi connectivity index (χ2v) is 5.49. The summed E-state index contributed by atoms with van der Waals surface area (Å²) in [5.41, 5.74) is -0.563. The van der Waals surface area contributed by atoms with E-state index in [9.17, 15) is 9.90 Å². The summed E-state index contributed by atoms with van der Waals surface area (Å²) in [6, 6.07) is -0.437. The number of alkyl carbamates (subject to hydrolysis) is 1. The lowest BCUT2D eigenvalue weighted by molar-refractivity contribution is -0.214. The van der Waals surface area contributed by atoms with Crippen molar-refractivity contribution in [3.8, 4) is 0 Å². The minimum absolute atomic E-state index is 0.390. The number of rotatable bonds is 2. The molecule has 0 spiro atoms. The Bertz CT molecular complexity index is 289. The highest BCUT2D eigenvalue weighted by atomic mass is 16.7. The van der Waals surface area contributed by atoms with Gasteiger partial charge < -0.3 is 24.6 Å². The molecule has 2 N–H and O–H groups in total. The molecule has 1 saturated heterocycles. The molecule has 0 saturated carbocycles. The number of carbonyl (C=O) groups is 1. The molecule has 1 rings (SSSR count). The SMILES string of the molecule is CO[C@H]1C[C@H](NC(=O)OC(C)(C)C)[C@H](O)[C@H](C)O1. The molecule has 6 heteroatoms. The van der Waals surface area contributed by atoms with Gasteiger partial charge in [0.15, 0.2) is 6.29 Å². The highest BCUT2D eigenvalue weighted by molar-refractivity contribution is 5.68. The van der Waals surface area contributed by atoms with Gasteiger partial charge in [0.25, 0.3) is 0 Å². The number of methoxy groups -OCH3 is 1. The molecule has 0 radical (unpaired) electrons. The second kappa shape index (κ2) is 5.86. The minimum Gasteiger partial charge on any atom is -0.444 e. The summed E-state index contributed by atoms with van der Waals surface area (Å²) in [4.78, 5) is 11.6. The topological polar surface area (TPSA) is 77.0 Å². The normalized spacial score (nSPS) is 33.0. The van der Waals surface area contributed by atoms with Crippen LogP contribution in [0.5, 0.6) is 0 Å². The van der Waals surface area contributed by atoms with Crippen molar-refractivity contribution in [2.45, 2.75) is 64.3 Å². The summed E-state index contributed by atoms with van der Waals surface area (Å²) in [7, 11) is 1.53. The molecule has 0 unspecified atom stereocenters. The summed E-state index contributed by atoms with van der Waals surface area (Å²) in [5, 5.41) is 12.6. The number of amides is 1. The van der Waals surface area contributed by atoms with E-state index in [2.05, 4.69) is 5.32 Å². The Labute approximate surface area is 108 Å². The number of ether oxygens (including phenoxy) is 3. The molecule has 4 atom stereocenters. The Morgan fingerprint density at radius 2 is 2.06 bits per heavy atom. The molecule has 106 valence electrons. The van der Waals surface area contributed by atoms with Gasteiger partial charge in [-0.05, 0) is 27.7 Å². The lowest BCUT2D eigenvalue weighted by Gasteiger charge is -2.37. The van der Waals surface area contributed by atoms with Gasteiger partial charge in [0.2, 0.25) is 0 Å². The van der Waals surface area contributed by atoms with Gasteiger partial charge in [0.1, 0.15) is 11.7 Å². The summed E-state index contributed by atoms with van der Waals surface area (Å²) in [5.74, 6) is 0. The fourth-order valence-electron chi connectivity index (χ4n) is 1.80. The van der Waals surface area contributed by atoms with Crippen molar-refractivity contribution in [1.82, 2.24) is 5.32 Å². The van der Waals surface area contributed by atoms with E-state index in [1.807, 2.05) is 0 Å². The zero-order valence-corrected chi connectivity index (χ0v) is 11.6. The molecule has 1 heterocycles. The van der Waals surface area contributed by atoms with Crippen LogP contribution in [-0.2, 0) is 14.2 Å². The Balaban J connectivity index is 2.56. The van der Waals surface area contributed by atoms with Crippen LogP contribution in [0, 0.1) is 0 Å². The zero-order valence-electron chi connectivity index (χ0n) is 11.6. The van der Waals surface area contributed by atoms with E-state index in [0.717, 1.165) is 0 Å². The van der Waals surface area contributed by atoms with Gasteiger partial charge in [-0.1, -0.05) is 0 Å². The van der Waals surface area contributed by atoms with Gasteiger partial charge in [-0.3, -0.25) is 0 Å². The predicted octanol–water partition coefficient (Wildman–Crippen LogP) is 1.02. The molecular weight excluding hydrogens is 238 g/mol. The van der Waals surface area contributed by atoms with Crippen molar-refractivity contribution in [3.63, 3.8) is 0 Å². The van der Waals surface area contributed by atoms with Crippen LogP contribution in [0.25, 0.3) is 0 Å². The molecule has 0 aromatic heterocycles. The van der Waals surface area contributed by atoms with Gasteiger partial charge in [-0.2, -0.15) is 0 Å². The first-order valence-electron chi connectivity index (χ1n) is 6.09. The monoisotopic (exact) mass is 261 g/mol. The first-order chi connectivity index (χ1) is 8.23. The highest BCUT2D eigenvalue weighted by Gasteiger charge is 2.36. The van der Waals surface area contributed by atoms with E-state index in [1.54, 1.807) is 27.7 Å². The van der Waals surface area contributed by atoms with Crippen molar-refractivity contribution in [2.75, 3.05) is 7.11 Å². The number of nitrogens with one attached hydrogen (secondary N) is 1. The molecule has 0 bridgehead atoms. The number of carbonyl (C=O) groups excluding carboxylic acids is 1. The molecule has 0 aromatic carbocycles. The number of aliphatic hydroxyl groups is 1. The molecule has 18 heavy (non-hydrogen) atoms. The van der Waals surface area contributed by atoms with Crippen LogP contribution in [0.4, 0.5) is 4.79 Å². The largest absolute Gasteiger partial charge is 0.444 e. The Hall–Kier alpha value is -0.850. The summed E-state index contributed by atoms with van der Waals surface area (Å²) >= 11 is 0. The maximum atomic E-state index is 11.6. The second-order valence-electron chi connectivity index (χ2n) is 5.49. The van der Waals surface area contributed by atoms with Crippen LogP contribution < -0.4 is 5.32 Å². The predicted molar refractivity (Wildman–Crippen MR) is 65.1 cm³/mol. The van der Waals surface area contributed by atoms with Gasteiger partial charge in [-0.15, -0.1) is 0 Å². The molecule has 1 fully saturated rings. The summed E-state index contributed by atoms with van der Waals surface area (Å²) < 4.78 is 15.6. The van der Waals surface area contributed by atoms with E-state index in [0.29, 0.717) is 6.42 Å². The Morgan fingerprint density at radius 1 is 1.44 bits per heavy atom. The van der Waals surface area contributed by atoms with Crippen LogP contribution in [0.3, 0.4) is 0 Å². The lowest BCUT2D eigenvalue weighted by Crippen LogP contribution is -2.55. The average Bonchev–Trinajstić information content (AvgIpc) is 2.21. The van der Waals surface area contributed by atoms with Crippen LogP contribution in [-0.4, -0.2) is 48.5 Å². The van der Waals surface area contributed by atoms with Crippen molar-refractivity contribution < 1.29 is 24.1 Å². The quantitative estimate of drug-likeness (QED) is 0.776. The number of aliphatic hydroxyl groups excluding tert-OH is 1. The fraction of sp³-hybridized carbons (Fsp3) is 0.917. The van der Waals surface area contributed by atoms with E-state index < -0.39 is 36.2 Å². The zero-order chi connectivity index (χ0) is 13.9. The smallest absolute Gasteiger partial charge is 0.407 e. The molecular formula is C12H23NO5. The van der Waals surface area contributed by atoms with Crippen molar-refractivity contribution >= 4 is 6.09 Å². The maximum Gasteiger partial charge on any atom is 0.407 e. The van der Waals surface area contributed by atoms with Crippen LogP contribution >= 0.6 is 0 Å². The van der Waals surface area contributed by atoms with Gasteiger partial charge >= 0.3 is 6.09 Å². The Morgan fingerprint density at radius 3 is 2.56 bits per heavy atom. The summed E-state index contributed by atoms with van der Waals surface area (Å²) in [6.45, 7) is 7.09. The lowest BCUT2D eigenvalue weighted by atomic mass is 10.00. The fourth-order valence-corrected chi connectivity index (χ4v) is 1.80. The van der Waals surface area contributed by atoms with Gasteiger partial charge in [0.05, 0.1) is 12.1 Å². The van der Waals surface area contributed by atoms with Crippen LogP contribution in [0.15, 0.2) is 0 Å². The molecule has 0 aromatic rings. The molecule has 6 nitrogen and oxygen atoms in total. The first kappa shape index (κ1) is 15.2. The Kier molecular flexibility index (Phi) is 4.95. The standard InChI is InChI=1S/C12H23NO5/c1-7-10(14)8(6-9(16-5)17-7)13-11(15)18-12(2,3)4/h7-10,14H,6H2,1-5H3,(H,13,15)/t7-,8-,9+,10+/m0/s1. The van der Waals surface area contributed by atoms with Crippen LogP contribution in [0.2, 0.25) is 0 Å². The molecule has 1 amide bonds. The maximum absolute atomic E-state index is 11.6. The highest BCUT2D eigenvalue weighted by Crippen LogP contribution is 2.21.